The molecule has 1 aromatic heterocycles. The number of nitrogens with zero attached hydrogens (tertiary/aromatic N) is 2. The van der Waals surface area contributed by atoms with E-state index in [2.05, 4.69) is 5.10 Å². The van der Waals surface area contributed by atoms with Crippen LogP contribution < -0.4 is 4.74 Å². The summed E-state index contributed by atoms with van der Waals surface area (Å²) in [6, 6.07) is 5.90. The van der Waals surface area contributed by atoms with E-state index in [1.165, 1.54) is 25.4 Å². The normalized spacial score (nSPS) is 10.5. The summed E-state index contributed by atoms with van der Waals surface area (Å²) in [4.78, 5) is 12.4. The molecule has 5 heteroatoms. The number of carbonyl (C=O) groups excluding carboxylic acids is 1. The van der Waals surface area contributed by atoms with Crippen LogP contribution in [0.25, 0.3) is 0 Å². The van der Waals surface area contributed by atoms with E-state index < -0.39 is 11.6 Å². The van der Waals surface area contributed by atoms with Crippen LogP contribution in [-0.2, 0) is 6.54 Å². The molecule has 2 aromatic rings. The third-order valence-corrected chi connectivity index (χ3v) is 2.79. The molecule has 100 valence electrons. The van der Waals surface area contributed by atoms with Crippen molar-refractivity contribution in [1.29, 1.82) is 0 Å². The molecule has 0 spiro atoms. The summed E-state index contributed by atoms with van der Waals surface area (Å²) >= 11 is 0. The lowest BCUT2D eigenvalue weighted by Gasteiger charge is -2.08. The van der Waals surface area contributed by atoms with Crippen molar-refractivity contribution in [3.8, 4) is 5.75 Å². The van der Waals surface area contributed by atoms with Gasteiger partial charge in [0.25, 0.3) is 0 Å². The van der Waals surface area contributed by atoms with Gasteiger partial charge in [0, 0.05) is 6.54 Å². The van der Waals surface area contributed by atoms with Crippen molar-refractivity contribution < 1.29 is 13.9 Å². The number of hydrogen-bond acceptors (Lipinski definition) is 3. The molecular formula is C14H15FN2O2. The lowest BCUT2D eigenvalue weighted by molar-refractivity contribution is 0.102. The Morgan fingerprint density at radius 1 is 1.42 bits per heavy atom. The number of aryl methyl sites for hydroxylation is 1. The molecule has 19 heavy (non-hydrogen) atoms. The lowest BCUT2D eigenvalue weighted by atomic mass is 10.1. The number of methoxy groups -OCH3 is 1. The zero-order valence-electron chi connectivity index (χ0n) is 10.9. The maximum Gasteiger partial charge on any atom is 0.217 e. The van der Waals surface area contributed by atoms with Crippen LogP contribution in [0.3, 0.4) is 0 Å². The van der Waals surface area contributed by atoms with Gasteiger partial charge in [-0.15, -0.1) is 0 Å². The predicted octanol–water partition coefficient (Wildman–Crippen LogP) is 2.67. The number of hydrogen-bond donors (Lipinski definition) is 0. The summed E-state index contributed by atoms with van der Waals surface area (Å²) in [6.07, 6.45) is 2.30. The highest BCUT2D eigenvalue weighted by atomic mass is 19.1. The zero-order valence-corrected chi connectivity index (χ0v) is 10.9. The Kier molecular flexibility index (Phi) is 3.94. The topological polar surface area (TPSA) is 44.1 Å². The highest BCUT2D eigenvalue weighted by molar-refractivity contribution is 6.09. The van der Waals surface area contributed by atoms with E-state index in [1.807, 2.05) is 6.92 Å². The molecule has 1 aromatic carbocycles. The average Bonchev–Trinajstić information content (AvgIpc) is 2.82. The zero-order chi connectivity index (χ0) is 13.8. The number of carbonyl (C=O) groups is 1. The van der Waals surface area contributed by atoms with Gasteiger partial charge in [-0.3, -0.25) is 9.48 Å². The molecule has 0 fully saturated rings. The van der Waals surface area contributed by atoms with Crippen molar-refractivity contribution in [2.45, 2.75) is 19.9 Å². The summed E-state index contributed by atoms with van der Waals surface area (Å²) in [5.74, 6) is -0.596. The summed E-state index contributed by atoms with van der Waals surface area (Å²) in [6.45, 7) is 2.56. The molecule has 0 saturated carbocycles. The van der Waals surface area contributed by atoms with Gasteiger partial charge in [-0.05, 0) is 18.6 Å². The molecule has 0 N–H and O–H groups in total. The van der Waals surface area contributed by atoms with Gasteiger partial charge in [-0.25, -0.2) is 4.39 Å². The van der Waals surface area contributed by atoms with Crippen LogP contribution in [-0.4, -0.2) is 22.7 Å². The van der Waals surface area contributed by atoms with Crippen LogP contribution in [0.4, 0.5) is 4.39 Å². The minimum absolute atomic E-state index is 0.0265. The van der Waals surface area contributed by atoms with Crippen molar-refractivity contribution in [1.82, 2.24) is 9.78 Å². The summed E-state index contributed by atoms with van der Waals surface area (Å²) in [7, 11) is 1.46. The summed E-state index contributed by atoms with van der Waals surface area (Å²) in [5.41, 5.74) is 0.313. The Labute approximate surface area is 110 Å². The minimum Gasteiger partial charge on any atom is -0.493 e. The average molecular weight is 262 g/mol. The SMILES string of the molecule is CCCn1ncc(OC)c1C(=O)c1ccccc1F. The first-order chi connectivity index (χ1) is 9.19. The van der Waals surface area contributed by atoms with Gasteiger partial charge < -0.3 is 4.74 Å². The third kappa shape index (κ3) is 2.50. The van der Waals surface area contributed by atoms with Crippen LogP contribution in [0.1, 0.15) is 29.4 Å². The van der Waals surface area contributed by atoms with Gasteiger partial charge in [0.2, 0.25) is 5.78 Å². The first-order valence-electron chi connectivity index (χ1n) is 6.08. The van der Waals surface area contributed by atoms with E-state index in [9.17, 15) is 9.18 Å². The molecule has 0 aliphatic heterocycles. The van der Waals surface area contributed by atoms with Crippen LogP contribution in [0.15, 0.2) is 30.5 Å². The molecule has 4 nitrogen and oxygen atoms in total. The van der Waals surface area contributed by atoms with Crippen LogP contribution in [0.5, 0.6) is 5.75 Å². The van der Waals surface area contributed by atoms with Crippen molar-refractivity contribution in [3.63, 3.8) is 0 Å². The van der Waals surface area contributed by atoms with Gasteiger partial charge in [-0.1, -0.05) is 19.1 Å². The Bertz CT molecular complexity index is 593. The summed E-state index contributed by atoms with van der Waals surface area (Å²) < 4.78 is 20.4. The van der Waals surface area contributed by atoms with Gasteiger partial charge in [0.05, 0.1) is 18.9 Å². The van der Waals surface area contributed by atoms with Crippen molar-refractivity contribution in [2.75, 3.05) is 7.11 Å². The standard InChI is InChI=1S/C14H15FN2O2/c1-3-8-17-13(12(19-2)9-16-17)14(18)10-6-4-5-7-11(10)15/h4-7,9H,3,8H2,1-2H3. The Morgan fingerprint density at radius 2 is 2.16 bits per heavy atom. The van der Waals surface area contributed by atoms with E-state index in [4.69, 9.17) is 4.74 Å². The van der Waals surface area contributed by atoms with E-state index in [1.54, 1.807) is 16.8 Å². The second-order valence-corrected chi connectivity index (χ2v) is 4.09. The largest absolute Gasteiger partial charge is 0.493 e. The second-order valence-electron chi connectivity index (χ2n) is 4.09. The molecule has 0 radical (unpaired) electrons. The number of aromatic nitrogens is 2. The Balaban J connectivity index is 2.48. The van der Waals surface area contributed by atoms with E-state index in [-0.39, 0.29) is 11.3 Å². The molecule has 0 aliphatic carbocycles. The molecule has 0 saturated heterocycles. The smallest absolute Gasteiger partial charge is 0.217 e. The molecule has 1 heterocycles. The lowest BCUT2D eigenvalue weighted by Crippen LogP contribution is -2.13. The molecule has 0 atom stereocenters. The fraction of sp³-hybridized carbons (Fsp3) is 0.286. The van der Waals surface area contributed by atoms with Crippen LogP contribution in [0, 0.1) is 5.82 Å². The van der Waals surface area contributed by atoms with Crippen molar-refractivity contribution in [2.24, 2.45) is 0 Å². The van der Waals surface area contributed by atoms with Crippen molar-refractivity contribution in [3.05, 3.63) is 47.5 Å². The van der Waals surface area contributed by atoms with E-state index in [0.717, 1.165) is 6.42 Å². The van der Waals surface area contributed by atoms with Gasteiger partial charge >= 0.3 is 0 Å². The molecule has 2 rings (SSSR count). The first-order valence-corrected chi connectivity index (χ1v) is 6.08. The number of benzene rings is 1. The van der Waals surface area contributed by atoms with Crippen LogP contribution in [0.2, 0.25) is 0 Å². The highest BCUT2D eigenvalue weighted by Gasteiger charge is 2.22. The van der Waals surface area contributed by atoms with E-state index >= 15 is 0 Å². The maximum atomic E-state index is 13.7. The molecular weight excluding hydrogens is 247 g/mol. The van der Waals surface area contributed by atoms with Gasteiger partial charge in [0.1, 0.15) is 5.82 Å². The van der Waals surface area contributed by atoms with E-state index in [0.29, 0.717) is 12.3 Å². The fourth-order valence-electron chi connectivity index (χ4n) is 1.90. The highest BCUT2D eigenvalue weighted by Crippen LogP contribution is 2.22. The monoisotopic (exact) mass is 262 g/mol. The van der Waals surface area contributed by atoms with Crippen LogP contribution >= 0.6 is 0 Å². The molecule has 0 bridgehead atoms. The minimum atomic E-state index is -0.543. The summed E-state index contributed by atoms with van der Waals surface area (Å²) in [5, 5.41) is 4.10. The first kappa shape index (κ1) is 13.3. The predicted molar refractivity (Wildman–Crippen MR) is 68.9 cm³/mol. The number of ether oxygens (including phenoxy) is 1. The number of rotatable bonds is 5. The molecule has 0 aliphatic rings. The maximum absolute atomic E-state index is 13.7. The number of ketones is 1. The van der Waals surface area contributed by atoms with Gasteiger partial charge in [0.15, 0.2) is 11.4 Å². The Hall–Kier alpha value is -2.17. The molecule has 0 amide bonds. The fourth-order valence-corrected chi connectivity index (χ4v) is 1.90. The molecule has 0 unspecified atom stereocenters. The Morgan fingerprint density at radius 3 is 2.79 bits per heavy atom. The van der Waals surface area contributed by atoms with Crippen molar-refractivity contribution >= 4 is 5.78 Å². The second kappa shape index (κ2) is 5.65. The number of halogens is 1. The quantitative estimate of drug-likeness (QED) is 0.778. The third-order valence-electron chi connectivity index (χ3n) is 2.79. The van der Waals surface area contributed by atoms with Gasteiger partial charge in [-0.2, -0.15) is 5.10 Å².